The molecule has 0 atom stereocenters. The Bertz CT molecular complexity index is 845. The maximum absolute atomic E-state index is 9.46. The Morgan fingerprint density at radius 2 is 1.78 bits per heavy atom. The van der Waals surface area contributed by atoms with Crippen molar-refractivity contribution in [2.24, 2.45) is 0 Å². The van der Waals surface area contributed by atoms with Crippen molar-refractivity contribution in [2.45, 2.75) is 6.92 Å². The zero-order chi connectivity index (χ0) is 16.2. The number of methoxy groups -OCH3 is 1. The molecule has 0 saturated heterocycles. The normalized spacial score (nSPS) is 10.1. The van der Waals surface area contributed by atoms with Crippen LogP contribution in [0.2, 0.25) is 0 Å². The van der Waals surface area contributed by atoms with Gasteiger partial charge in [0.05, 0.1) is 18.5 Å². The van der Waals surface area contributed by atoms with Crippen LogP contribution in [0, 0.1) is 18.3 Å². The van der Waals surface area contributed by atoms with E-state index < -0.39 is 0 Å². The number of nitriles is 1. The van der Waals surface area contributed by atoms with Gasteiger partial charge in [-0.1, -0.05) is 18.2 Å². The van der Waals surface area contributed by atoms with E-state index in [1.165, 1.54) is 0 Å². The summed E-state index contributed by atoms with van der Waals surface area (Å²) in [6.07, 6.45) is 0. The molecule has 0 aliphatic carbocycles. The van der Waals surface area contributed by atoms with Crippen LogP contribution in [0.15, 0.2) is 54.6 Å². The monoisotopic (exact) mass is 304 g/mol. The highest BCUT2D eigenvalue weighted by Crippen LogP contribution is 2.27. The summed E-state index contributed by atoms with van der Waals surface area (Å²) >= 11 is 0. The summed E-state index contributed by atoms with van der Waals surface area (Å²) in [5, 5.41) is 17.2. The maximum Gasteiger partial charge on any atom is 0.152 e. The van der Waals surface area contributed by atoms with Crippen LogP contribution in [0.1, 0.15) is 11.3 Å². The van der Waals surface area contributed by atoms with E-state index in [9.17, 15) is 5.26 Å². The molecular formula is C18H16N4O. The molecule has 3 rings (SSSR count). The van der Waals surface area contributed by atoms with Crippen molar-refractivity contribution in [2.75, 3.05) is 12.4 Å². The number of ether oxygens (including phenoxy) is 1. The summed E-state index contributed by atoms with van der Waals surface area (Å²) in [6.45, 7) is 1.83. The highest BCUT2D eigenvalue weighted by Gasteiger charge is 2.16. The summed E-state index contributed by atoms with van der Waals surface area (Å²) in [5.41, 5.74) is 2.97. The van der Waals surface area contributed by atoms with E-state index in [2.05, 4.69) is 16.5 Å². The SMILES string of the molecule is COc1ccc(-n2nc(C)c(C#N)c2Nc2ccccc2)cc1. The van der Waals surface area contributed by atoms with Crippen LogP contribution in [-0.4, -0.2) is 16.9 Å². The summed E-state index contributed by atoms with van der Waals surface area (Å²) in [7, 11) is 1.63. The number of nitrogens with one attached hydrogen (secondary N) is 1. The lowest BCUT2D eigenvalue weighted by Crippen LogP contribution is -2.03. The molecule has 0 radical (unpaired) electrons. The van der Waals surface area contributed by atoms with Gasteiger partial charge in [0, 0.05) is 5.69 Å². The fraction of sp³-hybridized carbons (Fsp3) is 0.111. The average molecular weight is 304 g/mol. The molecule has 1 heterocycles. The van der Waals surface area contributed by atoms with E-state index in [0.29, 0.717) is 17.1 Å². The number of para-hydroxylation sites is 1. The third-order valence-electron chi connectivity index (χ3n) is 3.53. The number of nitrogens with zero attached hydrogens (tertiary/aromatic N) is 3. The minimum absolute atomic E-state index is 0.532. The van der Waals surface area contributed by atoms with Gasteiger partial charge in [0.25, 0.3) is 0 Å². The molecule has 0 unspecified atom stereocenters. The van der Waals surface area contributed by atoms with E-state index in [4.69, 9.17) is 4.74 Å². The Morgan fingerprint density at radius 1 is 1.09 bits per heavy atom. The van der Waals surface area contributed by atoms with Crippen LogP contribution in [-0.2, 0) is 0 Å². The molecule has 2 aromatic carbocycles. The average Bonchev–Trinajstić information content (AvgIpc) is 2.91. The second-order valence-electron chi connectivity index (χ2n) is 5.02. The Kier molecular flexibility index (Phi) is 3.98. The van der Waals surface area contributed by atoms with Gasteiger partial charge in [0.15, 0.2) is 5.82 Å². The molecule has 3 aromatic rings. The molecule has 0 spiro atoms. The molecule has 1 N–H and O–H groups in total. The smallest absolute Gasteiger partial charge is 0.152 e. The first-order valence-corrected chi connectivity index (χ1v) is 7.19. The lowest BCUT2D eigenvalue weighted by atomic mass is 10.2. The lowest BCUT2D eigenvalue weighted by molar-refractivity contribution is 0.414. The van der Waals surface area contributed by atoms with Gasteiger partial charge in [-0.3, -0.25) is 0 Å². The van der Waals surface area contributed by atoms with Gasteiger partial charge in [0.2, 0.25) is 0 Å². The van der Waals surface area contributed by atoms with E-state index in [-0.39, 0.29) is 0 Å². The van der Waals surface area contributed by atoms with Crippen molar-refractivity contribution >= 4 is 11.5 Å². The topological polar surface area (TPSA) is 62.9 Å². The molecular weight excluding hydrogens is 288 g/mol. The number of aromatic nitrogens is 2. The third-order valence-corrected chi connectivity index (χ3v) is 3.53. The van der Waals surface area contributed by atoms with Gasteiger partial charge < -0.3 is 10.1 Å². The zero-order valence-corrected chi connectivity index (χ0v) is 12.9. The van der Waals surface area contributed by atoms with Crippen molar-refractivity contribution in [1.29, 1.82) is 5.26 Å². The molecule has 114 valence electrons. The van der Waals surface area contributed by atoms with Crippen LogP contribution in [0.25, 0.3) is 5.69 Å². The Hall–Kier alpha value is -3.26. The molecule has 5 heteroatoms. The molecule has 5 nitrogen and oxygen atoms in total. The van der Waals surface area contributed by atoms with Crippen LogP contribution < -0.4 is 10.1 Å². The molecule has 0 amide bonds. The fourth-order valence-corrected chi connectivity index (χ4v) is 2.35. The number of aryl methyl sites for hydroxylation is 1. The largest absolute Gasteiger partial charge is 0.497 e. The van der Waals surface area contributed by atoms with Gasteiger partial charge >= 0.3 is 0 Å². The number of hydrogen-bond donors (Lipinski definition) is 1. The van der Waals surface area contributed by atoms with E-state index in [1.54, 1.807) is 11.8 Å². The molecule has 23 heavy (non-hydrogen) atoms. The standard InChI is InChI=1S/C18H16N4O/c1-13-17(12-19)18(20-14-6-4-3-5-7-14)22(21-13)15-8-10-16(23-2)11-9-15/h3-11,20H,1-2H3. The number of benzene rings is 2. The highest BCUT2D eigenvalue weighted by atomic mass is 16.5. The van der Waals surface area contributed by atoms with Crippen LogP contribution in [0.4, 0.5) is 11.5 Å². The van der Waals surface area contributed by atoms with Gasteiger partial charge in [-0.05, 0) is 43.3 Å². The molecule has 1 aromatic heterocycles. The first-order valence-electron chi connectivity index (χ1n) is 7.19. The van der Waals surface area contributed by atoms with Crippen molar-refractivity contribution in [3.05, 3.63) is 65.9 Å². The summed E-state index contributed by atoms with van der Waals surface area (Å²) in [6, 6.07) is 19.5. The van der Waals surface area contributed by atoms with Crippen molar-refractivity contribution in [3.63, 3.8) is 0 Å². The van der Waals surface area contributed by atoms with E-state index >= 15 is 0 Å². The second kappa shape index (κ2) is 6.24. The third kappa shape index (κ3) is 2.87. The predicted molar refractivity (Wildman–Crippen MR) is 89.3 cm³/mol. The van der Waals surface area contributed by atoms with Gasteiger partial charge in [-0.2, -0.15) is 10.4 Å². The second-order valence-corrected chi connectivity index (χ2v) is 5.02. The highest BCUT2D eigenvalue weighted by molar-refractivity contribution is 5.66. The molecule has 0 saturated carbocycles. The Balaban J connectivity index is 2.07. The molecule has 0 aliphatic heterocycles. The molecule has 0 fully saturated rings. The fourth-order valence-electron chi connectivity index (χ4n) is 2.35. The molecule has 0 bridgehead atoms. The number of hydrogen-bond acceptors (Lipinski definition) is 4. The van der Waals surface area contributed by atoms with Crippen molar-refractivity contribution in [3.8, 4) is 17.5 Å². The predicted octanol–water partition coefficient (Wildman–Crippen LogP) is 3.80. The zero-order valence-electron chi connectivity index (χ0n) is 12.9. The quantitative estimate of drug-likeness (QED) is 0.796. The minimum atomic E-state index is 0.532. The van der Waals surface area contributed by atoms with Crippen molar-refractivity contribution in [1.82, 2.24) is 9.78 Å². The summed E-state index contributed by atoms with van der Waals surface area (Å²) in [5.74, 6) is 1.43. The lowest BCUT2D eigenvalue weighted by Gasteiger charge is -2.11. The summed E-state index contributed by atoms with van der Waals surface area (Å²) in [4.78, 5) is 0. The van der Waals surface area contributed by atoms with Gasteiger partial charge in [-0.15, -0.1) is 0 Å². The Labute approximate surface area is 134 Å². The van der Waals surface area contributed by atoms with Crippen molar-refractivity contribution < 1.29 is 4.74 Å². The van der Waals surface area contributed by atoms with Gasteiger partial charge in [0.1, 0.15) is 17.4 Å². The van der Waals surface area contributed by atoms with E-state index in [0.717, 1.165) is 17.1 Å². The minimum Gasteiger partial charge on any atom is -0.497 e. The number of anilines is 2. The van der Waals surface area contributed by atoms with Crippen LogP contribution >= 0.6 is 0 Å². The first kappa shape index (κ1) is 14.7. The first-order chi connectivity index (χ1) is 11.2. The Morgan fingerprint density at radius 3 is 2.39 bits per heavy atom. The van der Waals surface area contributed by atoms with Gasteiger partial charge in [-0.25, -0.2) is 4.68 Å². The maximum atomic E-state index is 9.46. The van der Waals surface area contributed by atoms with E-state index in [1.807, 2.05) is 61.5 Å². The van der Waals surface area contributed by atoms with Crippen LogP contribution in [0.3, 0.4) is 0 Å². The molecule has 0 aliphatic rings. The number of rotatable bonds is 4. The van der Waals surface area contributed by atoms with Crippen LogP contribution in [0.5, 0.6) is 5.75 Å². The summed E-state index contributed by atoms with van der Waals surface area (Å²) < 4.78 is 6.92.